The summed E-state index contributed by atoms with van der Waals surface area (Å²) < 4.78 is 51.7. The molecule has 5 aliphatic heterocycles. The Labute approximate surface area is 340 Å². The molecule has 5 saturated heterocycles. The van der Waals surface area contributed by atoms with Gasteiger partial charge in [-0.2, -0.15) is 0 Å². The predicted octanol–water partition coefficient (Wildman–Crippen LogP) is -11.0. The van der Waals surface area contributed by atoms with Gasteiger partial charge in [-0.3, -0.25) is 9.59 Å². The first-order chi connectivity index (χ1) is 28.4. The number of aliphatic hydroxyl groups excluding tert-OH is 14. The van der Waals surface area contributed by atoms with Crippen molar-refractivity contribution in [2.24, 2.45) is 0 Å². The van der Waals surface area contributed by atoms with E-state index in [1.807, 2.05) is 0 Å². The molecule has 24 atom stereocenters. The van der Waals surface area contributed by atoms with Crippen LogP contribution in [0.3, 0.4) is 0 Å². The molecule has 5 rings (SSSR count). The highest BCUT2D eigenvalue weighted by Crippen LogP contribution is 2.36. The minimum atomic E-state index is -2.06. The number of nitrogens with one attached hydrogen (secondary N) is 2. The van der Waals surface area contributed by atoms with E-state index in [-0.39, 0.29) is 0 Å². The Morgan fingerprint density at radius 1 is 0.467 bits per heavy atom. The summed E-state index contributed by atoms with van der Waals surface area (Å²) in [5, 5.41) is 153. The van der Waals surface area contributed by atoms with Gasteiger partial charge in [-0.25, -0.2) is 0 Å². The summed E-state index contributed by atoms with van der Waals surface area (Å²) in [4.78, 5) is 24.3. The molecule has 5 aliphatic rings. The highest BCUT2D eigenvalue weighted by atomic mass is 16.8. The Balaban J connectivity index is 1.47. The smallest absolute Gasteiger partial charge is 0.217 e. The van der Waals surface area contributed by atoms with Gasteiger partial charge >= 0.3 is 0 Å². The molecule has 0 aromatic rings. The van der Waals surface area contributed by atoms with Crippen molar-refractivity contribution in [3.8, 4) is 0 Å². The highest BCUT2D eigenvalue weighted by molar-refractivity contribution is 5.73. The van der Waals surface area contributed by atoms with Gasteiger partial charge < -0.3 is 125 Å². The monoisotopic (exact) mass is 880 g/mol. The van der Waals surface area contributed by atoms with Crippen LogP contribution >= 0.6 is 0 Å². The molecule has 348 valence electrons. The molecule has 0 radical (unpaired) electrons. The van der Waals surface area contributed by atoms with Crippen LogP contribution in [0.1, 0.15) is 13.8 Å². The molecule has 0 aliphatic carbocycles. The third kappa shape index (κ3) is 10.5. The molecule has 5 heterocycles. The predicted molar refractivity (Wildman–Crippen MR) is 184 cm³/mol. The van der Waals surface area contributed by atoms with Crippen LogP contribution in [0.15, 0.2) is 0 Å². The number of aliphatic hydroxyl groups is 14. The van der Waals surface area contributed by atoms with Gasteiger partial charge in [0.15, 0.2) is 31.5 Å². The molecule has 0 aromatic heterocycles. The number of carbonyl (C=O) groups excluding carboxylic acids is 2. The Kier molecular flexibility index (Phi) is 17.3. The van der Waals surface area contributed by atoms with Crippen LogP contribution in [0, 0.1) is 0 Å². The van der Waals surface area contributed by atoms with E-state index in [9.17, 15) is 81.1 Å². The van der Waals surface area contributed by atoms with E-state index in [0.29, 0.717) is 0 Å². The molecule has 0 aromatic carbocycles. The van der Waals surface area contributed by atoms with E-state index in [0.717, 1.165) is 13.8 Å². The van der Waals surface area contributed by atoms with E-state index in [4.69, 9.17) is 42.6 Å². The molecule has 0 unspecified atom stereocenters. The first kappa shape index (κ1) is 49.0. The number of amides is 2. The second-order valence-electron chi connectivity index (χ2n) is 15.0. The molecule has 0 bridgehead atoms. The summed E-state index contributed by atoms with van der Waals surface area (Å²) in [6.45, 7) is -2.21. The lowest BCUT2D eigenvalue weighted by atomic mass is 9.93. The van der Waals surface area contributed by atoms with Crippen LogP contribution in [0.5, 0.6) is 0 Å². The zero-order valence-electron chi connectivity index (χ0n) is 32.1. The van der Waals surface area contributed by atoms with Crippen molar-refractivity contribution in [3.05, 3.63) is 0 Å². The average molecular weight is 881 g/mol. The average Bonchev–Trinajstić information content (AvgIpc) is 3.21. The summed E-state index contributed by atoms with van der Waals surface area (Å²) in [6, 6.07) is -3.19. The van der Waals surface area contributed by atoms with Crippen LogP contribution in [0.25, 0.3) is 0 Å². The quantitative estimate of drug-likeness (QED) is 0.0770. The van der Waals surface area contributed by atoms with Gasteiger partial charge in [-0.05, 0) is 0 Å². The van der Waals surface area contributed by atoms with E-state index < -0.39 is 192 Å². The minimum absolute atomic E-state index is 0.605. The van der Waals surface area contributed by atoms with Gasteiger partial charge in [-0.1, -0.05) is 0 Å². The number of rotatable bonds is 14. The fraction of sp³-hybridized carbons (Fsp3) is 0.939. The van der Waals surface area contributed by atoms with Crippen molar-refractivity contribution >= 4 is 11.8 Å². The molecule has 2 amide bonds. The van der Waals surface area contributed by atoms with Gasteiger partial charge in [0.2, 0.25) is 11.8 Å². The fourth-order valence-electron chi connectivity index (χ4n) is 7.53. The molecule has 60 heavy (non-hydrogen) atoms. The summed E-state index contributed by atoms with van der Waals surface area (Å²) in [5.74, 6) is -1.48. The van der Waals surface area contributed by atoms with Gasteiger partial charge in [0.25, 0.3) is 0 Å². The normalized spacial score (nSPS) is 48.9. The Bertz CT molecular complexity index is 1390. The first-order valence-electron chi connectivity index (χ1n) is 19.0. The minimum Gasteiger partial charge on any atom is -0.394 e. The molecular formula is C33H56N2O25. The lowest BCUT2D eigenvalue weighted by Crippen LogP contribution is -2.71. The Hall–Kier alpha value is -1.98. The molecule has 16 N–H and O–H groups in total. The van der Waals surface area contributed by atoms with Crippen molar-refractivity contribution < 1.29 is 124 Å². The van der Waals surface area contributed by atoms with Crippen molar-refractivity contribution in [1.29, 1.82) is 0 Å². The van der Waals surface area contributed by atoms with Gasteiger partial charge in [-0.15, -0.1) is 0 Å². The SMILES string of the molecule is CC(=O)N[C@H]1[C@H](O[C@H]2[C@H](O)[C@H](NC(C)=O)[C@H](O)O[C@@H]2CO)O[C@H](CO)[C@@H](O[C@@H]2O[C@H](CO)[C@@H](O)[C@H](O[C@H]3O[C@H](CO)[C@@H](O)[C@H](O)[C@@H]3O)[C@@H]2O[C@@H]2OC[C@@H](O)[C@H](O)[C@H]2O)[C@@H]1O. The van der Waals surface area contributed by atoms with Crippen LogP contribution in [0.4, 0.5) is 0 Å². The highest BCUT2D eigenvalue weighted by Gasteiger charge is 2.57. The fourth-order valence-corrected chi connectivity index (χ4v) is 7.53. The lowest BCUT2D eigenvalue weighted by Gasteiger charge is -2.51. The van der Waals surface area contributed by atoms with Crippen molar-refractivity contribution in [2.45, 2.75) is 161 Å². The Morgan fingerprint density at radius 2 is 0.917 bits per heavy atom. The van der Waals surface area contributed by atoms with Gasteiger partial charge in [0.05, 0.1) is 33.0 Å². The van der Waals surface area contributed by atoms with Gasteiger partial charge in [0, 0.05) is 13.8 Å². The van der Waals surface area contributed by atoms with Crippen molar-refractivity contribution in [2.75, 3.05) is 33.0 Å². The zero-order valence-corrected chi connectivity index (χ0v) is 32.1. The van der Waals surface area contributed by atoms with E-state index in [2.05, 4.69) is 10.6 Å². The van der Waals surface area contributed by atoms with E-state index in [1.165, 1.54) is 0 Å². The first-order valence-corrected chi connectivity index (χ1v) is 19.0. The Morgan fingerprint density at radius 3 is 1.50 bits per heavy atom. The largest absolute Gasteiger partial charge is 0.394 e. The molecule has 27 heteroatoms. The van der Waals surface area contributed by atoms with Crippen LogP contribution in [0.2, 0.25) is 0 Å². The topological polar surface area (TPSA) is 424 Å². The summed E-state index contributed by atoms with van der Waals surface area (Å²) in [5.41, 5.74) is 0. The number of carbonyl (C=O) groups is 2. The third-order valence-electron chi connectivity index (χ3n) is 10.7. The molecule has 0 saturated carbocycles. The summed E-state index contributed by atoms with van der Waals surface area (Å²) in [7, 11) is 0. The maximum atomic E-state index is 12.5. The van der Waals surface area contributed by atoms with Crippen LogP contribution in [-0.2, 0) is 52.2 Å². The molecule has 5 fully saturated rings. The van der Waals surface area contributed by atoms with Crippen molar-refractivity contribution in [3.63, 3.8) is 0 Å². The van der Waals surface area contributed by atoms with E-state index in [1.54, 1.807) is 0 Å². The van der Waals surface area contributed by atoms with Crippen molar-refractivity contribution in [1.82, 2.24) is 10.6 Å². The maximum Gasteiger partial charge on any atom is 0.217 e. The van der Waals surface area contributed by atoms with Gasteiger partial charge in [0.1, 0.15) is 116 Å². The summed E-state index contributed by atoms with van der Waals surface area (Å²) in [6.07, 6.45) is -40.3. The van der Waals surface area contributed by atoms with Crippen LogP contribution in [-0.4, -0.2) is 264 Å². The molecule has 27 nitrogen and oxygen atoms in total. The maximum absolute atomic E-state index is 12.5. The molecular weight excluding hydrogens is 824 g/mol. The van der Waals surface area contributed by atoms with Crippen LogP contribution < -0.4 is 10.6 Å². The second kappa shape index (κ2) is 21.1. The molecule has 0 spiro atoms. The lowest BCUT2D eigenvalue weighted by molar-refractivity contribution is -0.401. The van der Waals surface area contributed by atoms with E-state index >= 15 is 0 Å². The third-order valence-corrected chi connectivity index (χ3v) is 10.7. The second-order valence-corrected chi connectivity index (χ2v) is 15.0. The zero-order chi connectivity index (χ0) is 44.3. The number of hydrogen-bond donors (Lipinski definition) is 16. The standard InChI is InChI=1S/C33H56N2O25/c1-8(40)34-15-20(46)25(13(5-38)53-29(15)51)57-30-16(35-9(2)41)21(47)26(14(6-39)56-30)58-33-28(60-31-23(49)17(43)10(42)7-52-31)27(19(45)12(4-37)55-33)59-32-24(50)22(48)18(44)11(3-36)54-32/h10-33,36-39,42-51H,3-7H2,1-2H3,(H,34,40)(H,35,41)/t10-,11-,12-,13-,14-,15+,16-,17+,18-,19-,20-,21-,22+,23-,24+,25-,26-,27+,28+,29-,30+,31+,32-,33+/m1/s1. The number of hydrogen-bond acceptors (Lipinski definition) is 25. The number of ether oxygens (including phenoxy) is 9. The summed E-state index contributed by atoms with van der Waals surface area (Å²) >= 11 is 0.